The SMILES string of the molecule is C[C@@H](NC(=O)c1nc(N)nc2c1CCCC2)c1cn2ncsc2n1. The number of amides is 1. The largest absolute Gasteiger partial charge is 0.368 e. The summed E-state index contributed by atoms with van der Waals surface area (Å²) in [5.74, 6) is -0.0841. The number of aromatic nitrogens is 5. The quantitative estimate of drug-likeness (QED) is 0.746. The first-order chi connectivity index (χ1) is 11.6. The number of nitrogen functional groups attached to an aromatic ring is 1. The molecule has 1 amide bonds. The van der Waals surface area contributed by atoms with Crippen molar-refractivity contribution in [1.29, 1.82) is 0 Å². The number of hydrogen-bond donors (Lipinski definition) is 2. The molecule has 0 spiro atoms. The van der Waals surface area contributed by atoms with Crippen molar-refractivity contribution in [3.63, 3.8) is 0 Å². The summed E-state index contributed by atoms with van der Waals surface area (Å²) in [5.41, 5.74) is 10.5. The maximum absolute atomic E-state index is 12.7. The smallest absolute Gasteiger partial charge is 0.270 e. The number of rotatable bonds is 3. The van der Waals surface area contributed by atoms with Crippen LogP contribution < -0.4 is 11.1 Å². The van der Waals surface area contributed by atoms with Gasteiger partial charge in [0.2, 0.25) is 10.9 Å². The Hall–Kier alpha value is -2.55. The van der Waals surface area contributed by atoms with E-state index >= 15 is 0 Å². The molecular weight excluding hydrogens is 326 g/mol. The van der Waals surface area contributed by atoms with E-state index in [9.17, 15) is 4.79 Å². The maximum Gasteiger partial charge on any atom is 0.270 e. The fraction of sp³-hybridized carbons (Fsp3) is 0.400. The van der Waals surface area contributed by atoms with Gasteiger partial charge in [-0.3, -0.25) is 4.79 Å². The lowest BCUT2D eigenvalue weighted by Gasteiger charge is -2.19. The van der Waals surface area contributed by atoms with Crippen LogP contribution in [0, 0.1) is 0 Å². The van der Waals surface area contributed by atoms with E-state index in [0.717, 1.165) is 47.6 Å². The second-order valence-corrected chi connectivity index (χ2v) is 6.70. The van der Waals surface area contributed by atoms with Gasteiger partial charge in [-0.05, 0) is 32.6 Å². The van der Waals surface area contributed by atoms with Crippen LogP contribution in [0.1, 0.15) is 53.2 Å². The van der Waals surface area contributed by atoms with E-state index < -0.39 is 0 Å². The van der Waals surface area contributed by atoms with Crippen LogP contribution in [0.15, 0.2) is 11.7 Å². The van der Waals surface area contributed by atoms with Gasteiger partial charge in [0.15, 0.2) is 0 Å². The van der Waals surface area contributed by atoms with Gasteiger partial charge in [-0.1, -0.05) is 11.3 Å². The van der Waals surface area contributed by atoms with Gasteiger partial charge < -0.3 is 11.1 Å². The average molecular weight is 343 g/mol. The molecule has 9 heteroatoms. The molecule has 3 N–H and O–H groups in total. The maximum atomic E-state index is 12.7. The highest BCUT2D eigenvalue weighted by Gasteiger charge is 2.23. The van der Waals surface area contributed by atoms with E-state index in [1.165, 1.54) is 11.3 Å². The molecule has 0 fully saturated rings. The molecule has 0 saturated carbocycles. The van der Waals surface area contributed by atoms with E-state index in [-0.39, 0.29) is 17.9 Å². The number of fused-ring (bicyclic) bond motifs is 2. The van der Waals surface area contributed by atoms with Crippen molar-refractivity contribution in [1.82, 2.24) is 29.9 Å². The van der Waals surface area contributed by atoms with Gasteiger partial charge in [-0.2, -0.15) is 5.10 Å². The molecule has 8 nitrogen and oxygen atoms in total. The Morgan fingerprint density at radius 2 is 2.17 bits per heavy atom. The van der Waals surface area contributed by atoms with Crippen LogP contribution >= 0.6 is 11.3 Å². The molecule has 0 radical (unpaired) electrons. The van der Waals surface area contributed by atoms with Gasteiger partial charge in [0.25, 0.3) is 5.91 Å². The first kappa shape index (κ1) is 15.0. The Bertz CT molecular complexity index is 887. The number of nitrogens with zero attached hydrogens (tertiary/aromatic N) is 5. The molecule has 124 valence electrons. The number of aryl methyl sites for hydroxylation is 1. The minimum absolute atomic E-state index is 0.153. The van der Waals surface area contributed by atoms with Crippen LogP contribution in [0.2, 0.25) is 0 Å². The number of imidazole rings is 1. The zero-order valence-corrected chi connectivity index (χ0v) is 14.0. The number of hydrogen-bond acceptors (Lipinski definition) is 7. The van der Waals surface area contributed by atoms with Gasteiger partial charge >= 0.3 is 0 Å². The Morgan fingerprint density at radius 3 is 3.00 bits per heavy atom. The molecule has 1 atom stereocenters. The molecule has 0 aliphatic heterocycles. The Balaban J connectivity index is 1.59. The lowest BCUT2D eigenvalue weighted by Crippen LogP contribution is -2.30. The summed E-state index contributed by atoms with van der Waals surface area (Å²) in [6.45, 7) is 1.89. The molecule has 3 aromatic rings. The van der Waals surface area contributed by atoms with Crippen LogP contribution in [0.25, 0.3) is 4.96 Å². The van der Waals surface area contributed by atoms with Crippen molar-refractivity contribution in [3.8, 4) is 0 Å². The molecule has 3 heterocycles. The summed E-state index contributed by atoms with van der Waals surface area (Å²) in [4.78, 5) is 26.4. The lowest BCUT2D eigenvalue weighted by molar-refractivity contribution is 0.0932. The average Bonchev–Trinajstić information content (AvgIpc) is 3.15. The normalized spacial score (nSPS) is 15.2. The second kappa shape index (κ2) is 5.82. The van der Waals surface area contributed by atoms with Crippen molar-refractivity contribution in [3.05, 3.63) is 34.4 Å². The van der Waals surface area contributed by atoms with Crippen LogP contribution in [0.4, 0.5) is 5.95 Å². The highest BCUT2D eigenvalue weighted by Crippen LogP contribution is 2.23. The fourth-order valence-electron chi connectivity index (χ4n) is 3.00. The Morgan fingerprint density at radius 1 is 1.33 bits per heavy atom. The molecule has 1 aliphatic carbocycles. The summed E-state index contributed by atoms with van der Waals surface area (Å²) in [5, 5.41) is 7.11. The zero-order chi connectivity index (χ0) is 16.7. The van der Waals surface area contributed by atoms with Crippen molar-refractivity contribution in [2.45, 2.75) is 38.6 Å². The fourth-order valence-corrected chi connectivity index (χ4v) is 3.61. The molecule has 0 aromatic carbocycles. The van der Waals surface area contributed by atoms with Gasteiger partial charge in [-0.15, -0.1) is 0 Å². The Kier molecular flexibility index (Phi) is 3.64. The molecule has 0 unspecified atom stereocenters. The summed E-state index contributed by atoms with van der Waals surface area (Å²) in [6, 6.07) is -0.248. The first-order valence-electron chi connectivity index (χ1n) is 7.86. The van der Waals surface area contributed by atoms with Gasteiger partial charge in [0.1, 0.15) is 11.2 Å². The minimum Gasteiger partial charge on any atom is -0.368 e. The van der Waals surface area contributed by atoms with Gasteiger partial charge in [0, 0.05) is 11.3 Å². The standard InChI is InChI=1S/C15H17N7OS/c1-8(11-6-22-15(20-11)24-7-17-22)18-13(23)12-9-4-2-3-5-10(9)19-14(16)21-12/h6-8H,2-5H2,1H3,(H,18,23)(H2,16,19,21)/t8-/m1/s1. The zero-order valence-electron chi connectivity index (χ0n) is 13.2. The van der Waals surface area contributed by atoms with Crippen molar-refractivity contribution < 1.29 is 4.79 Å². The van der Waals surface area contributed by atoms with E-state index in [0.29, 0.717) is 5.69 Å². The molecule has 1 aliphatic rings. The highest BCUT2D eigenvalue weighted by atomic mass is 32.1. The molecule has 24 heavy (non-hydrogen) atoms. The van der Waals surface area contributed by atoms with Crippen molar-refractivity contribution in [2.75, 3.05) is 5.73 Å². The first-order valence-corrected chi connectivity index (χ1v) is 8.74. The molecular formula is C15H17N7OS. The Labute approximate surface area is 142 Å². The van der Waals surface area contributed by atoms with E-state index in [2.05, 4.69) is 25.4 Å². The predicted octanol–water partition coefficient (Wildman–Crippen LogP) is 1.53. The number of nitrogens with one attached hydrogen (secondary N) is 1. The van der Waals surface area contributed by atoms with Gasteiger partial charge in [-0.25, -0.2) is 19.5 Å². The third-order valence-corrected chi connectivity index (χ3v) is 4.90. The topological polar surface area (TPSA) is 111 Å². The third-order valence-electron chi connectivity index (χ3n) is 4.21. The third kappa shape index (κ3) is 2.60. The second-order valence-electron chi connectivity index (χ2n) is 5.89. The molecule has 4 rings (SSSR count). The number of carbonyl (C=O) groups is 1. The molecule has 3 aromatic heterocycles. The van der Waals surface area contributed by atoms with Crippen molar-refractivity contribution in [2.24, 2.45) is 0 Å². The number of anilines is 1. The monoisotopic (exact) mass is 343 g/mol. The summed E-state index contributed by atoms with van der Waals surface area (Å²) in [6.07, 6.45) is 5.59. The number of carbonyl (C=O) groups excluding carboxylic acids is 1. The van der Waals surface area contributed by atoms with Crippen LogP contribution in [-0.4, -0.2) is 30.5 Å². The number of nitrogens with two attached hydrogens (primary N) is 1. The van der Waals surface area contributed by atoms with E-state index in [1.807, 2.05) is 13.1 Å². The van der Waals surface area contributed by atoms with Gasteiger partial charge in [0.05, 0.1) is 17.9 Å². The summed E-state index contributed by atoms with van der Waals surface area (Å²) in [7, 11) is 0. The van der Waals surface area contributed by atoms with E-state index in [4.69, 9.17) is 5.73 Å². The minimum atomic E-state index is -0.248. The summed E-state index contributed by atoms with van der Waals surface area (Å²) < 4.78 is 1.70. The van der Waals surface area contributed by atoms with Crippen LogP contribution in [-0.2, 0) is 12.8 Å². The van der Waals surface area contributed by atoms with Crippen LogP contribution in [0.5, 0.6) is 0 Å². The molecule has 0 bridgehead atoms. The predicted molar refractivity (Wildman–Crippen MR) is 89.8 cm³/mol. The lowest BCUT2D eigenvalue weighted by atomic mass is 9.94. The highest BCUT2D eigenvalue weighted by molar-refractivity contribution is 7.14. The van der Waals surface area contributed by atoms with Crippen LogP contribution in [0.3, 0.4) is 0 Å². The van der Waals surface area contributed by atoms with E-state index in [1.54, 1.807) is 10.0 Å². The van der Waals surface area contributed by atoms with Crippen molar-refractivity contribution >= 4 is 28.2 Å². The summed E-state index contributed by atoms with van der Waals surface area (Å²) >= 11 is 1.45. The molecule has 0 saturated heterocycles.